The Morgan fingerprint density at radius 1 is 0.826 bits per heavy atom. The van der Waals surface area contributed by atoms with Crippen LogP contribution in [-0.2, 0) is 4.79 Å². The molecule has 2 rings (SSSR count). The average molecular weight is 312 g/mol. The van der Waals surface area contributed by atoms with Gasteiger partial charge in [0.15, 0.2) is 0 Å². The topological polar surface area (TPSA) is 95.5 Å². The first kappa shape index (κ1) is 16.2. The van der Waals surface area contributed by atoms with Crippen LogP contribution in [0.5, 0.6) is 0 Å². The number of carbonyl (C=O) groups excluding carboxylic acids is 2. The molecule has 6 nitrogen and oxygen atoms in total. The molecule has 23 heavy (non-hydrogen) atoms. The summed E-state index contributed by atoms with van der Waals surface area (Å²) in [4.78, 5) is 35.1. The van der Waals surface area contributed by atoms with Gasteiger partial charge in [0.2, 0.25) is 0 Å². The second-order valence-corrected chi connectivity index (χ2v) is 4.81. The molecule has 0 aliphatic heterocycles. The number of rotatable bonds is 6. The molecule has 0 heterocycles. The number of carboxylic acids is 1. The second-order valence-electron chi connectivity index (χ2n) is 4.81. The van der Waals surface area contributed by atoms with E-state index in [1.54, 1.807) is 60.7 Å². The van der Waals surface area contributed by atoms with Gasteiger partial charge in [0.05, 0.1) is 0 Å². The third-order valence-corrected chi connectivity index (χ3v) is 3.14. The number of amides is 2. The molecular weight excluding hydrogens is 296 g/mol. The fourth-order valence-corrected chi connectivity index (χ4v) is 1.92. The zero-order valence-corrected chi connectivity index (χ0v) is 12.2. The van der Waals surface area contributed by atoms with E-state index in [9.17, 15) is 19.5 Å². The number of benzene rings is 2. The number of aliphatic carboxylic acids is 1. The highest BCUT2D eigenvalue weighted by molar-refractivity contribution is 5.97. The number of carboxylic acid groups (broad SMARTS) is 1. The Bertz CT molecular complexity index is 686. The van der Waals surface area contributed by atoms with E-state index >= 15 is 0 Å². The maximum absolute atomic E-state index is 12.0. The van der Waals surface area contributed by atoms with E-state index in [4.69, 9.17) is 0 Å². The predicted molar refractivity (Wildman–Crippen MR) is 84.1 cm³/mol. The molecule has 118 valence electrons. The maximum Gasteiger partial charge on any atom is 0.328 e. The van der Waals surface area contributed by atoms with E-state index in [0.29, 0.717) is 11.1 Å². The van der Waals surface area contributed by atoms with E-state index in [2.05, 4.69) is 10.6 Å². The Hall–Kier alpha value is -3.15. The van der Waals surface area contributed by atoms with Crippen molar-refractivity contribution in [3.63, 3.8) is 0 Å². The lowest BCUT2D eigenvalue weighted by Crippen LogP contribution is -2.48. The van der Waals surface area contributed by atoms with Crippen molar-refractivity contribution in [3.8, 4) is 0 Å². The van der Waals surface area contributed by atoms with Crippen molar-refractivity contribution in [3.05, 3.63) is 71.8 Å². The van der Waals surface area contributed by atoms with Gasteiger partial charge in [-0.3, -0.25) is 9.59 Å². The average Bonchev–Trinajstić information content (AvgIpc) is 2.59. The van der Waals surface area contributed by atoms with Gasteiger partial charge in [0, 0.05) is 17.7 Å². The van der Waals surface area contributed by atoms with E-state index < -0.39 is 23.8 Å². The van der Waals surface area contributed by atoms with Crippen LogP contribution in [0.25, 0.3) is 0 Å². The molecule has 0 fully saturated rings. The molecule has 2 aromatic carbocycles. The smallest absolute Gasteiger partial charge is 0.328 e. The van der Waals surface area contributed by atoms with Crippen LogP contribution in [0.1, 0.15) is 20.7 Å². The second kappa shape index (κ2) is 7.74. The number of hydrogen-bond acceptors (Lipinski definition) is 3. The monoisotopic (exact) mass is 312 g/mol. The SMILES string of the molecule is O=C(NC[C@@H](NC(=O)c1ccccc1)C(=O)O)c1ccccc1. The van der Waals surface area contributed by atoms with E-state index in [1.807, 2.05) is 0 Å². The summed E-state index contributed by atoms with van der Waals surface area (Å²) in [6.07, 6.45) is 0. The van der Waals surface area contributed by atoms with Crippen LogP contribution in [-0.4, -0.2) is 35.5 Å². The van der Waals surface area contributed by atoms with Crippen molar-refractivity contribution >= 4 is 17.8 Å². The van der Waals surface area contributed by atoms with Crippen LogP contribution >= 0.6 is 0 Å². The molecule has 0 saturated heterocycles. The van der Waals surface area contributed by atoms with Gasteiger partial charge in [0.25, 0.3) is 11.8 Å². The zero-order chi connectivity index (χ0) is 16.7. The molecular formula is C17H16N2O4. The van der Waals surface area contributed by atoms with Gasteiger partial charge in [-0.2, -0.15) is 0 Å². The molecule has 3 N–H and O–H groups in total. The summed E-state index contributed by atoms with van der Waals surface area (Å²) in [5.74, 6) is -2.12. The first-order valence-corrected chi connectivity index (χ1v) is 7.00. The van der Waals surface area contributed by atoms with Crippen molar-refractivity contribution in [2.45, 2.75) is 6.04 Å². The predicted octanol–water partition coefficient (Wildman–Crippen LogP) is 1.30. The number of nitrogens with one attached hydrogen (secondary N) is 2. The van der Waals surface area contributed by atoms with E-state index in [-0.39, 0.29) is 6.54 Å². The minimum absolute atomic E-state index is 0.207. The Morgan fingerprint density at radius 2 is 1.30 bits per heavy atom. The van der Waals surface area contributed by atoms with Crippen LogP contribution in [0, 0.1) is 0 Å². The third-order valence-electron chi connectivity index (χ3n) is 3.14. The fraction of sp³-hybridized carbons (Fsp3) is 0.118. The van der Waals surface area contributed by atoms with Gasteiger partial charge in [-0.25, -0.2) is 4.79 Å². The third kappa shape index (κ3) is 4.67. The lowest BCUT2D eigenvalue weighted by Gasteiger charge is -2.15. The Balaban J connectivity index is 1.96. The van der Waals surface area contributed by atoms with Gasteiger partial charge < -0.3 is 15.7 Å². The summed E-state index contributed by atoms with van der Waals surface area (Å²) in [7, 11) is 0. The minimum atomic E-state index is -1.22. The molecule has 0 radical (unpaired) electrons. The van der Waals surface area contributed by atoms with Crippen LogP contribution < -0.4 is 10.6 Å². The van der Waals surface area contributed by atoms with Crippen LogP contribution in [0.3, 0.4) is 0 Å². The maximum atomic E-state index is 12.0. The molecule has 0 unspecified atom stereocenters. The summed E-state index contributed by atoms with van der Waals surface area (Å²) in [6.45, 7) is -0.207. The normalized spacial score (nSPS) is 11.3. The van der Waals surface area contributed by atoms with Crippen molar-refractivity contribution in [1.29, 1.82) is 0 Å². The molecule has 0 aromatic heterocycles. The van der Waals surface area contributed by atoms with Crippen molar-refractivity contribution < 1.29 is 19.5 Å². The van der Waals surface area contributed by atoms with Gasteiger partial charge in [-0.05, 0) is 24.3 Å². The van der Waals surface area contributed by atoms with Crippen LogP contribution in [0.4, 0.5) is 0 Å². The molecule has 0 spiro atoms. The van der Waals surface area contributed by atoms with E-state index in [1.165, 1.54) is 0 Å². The number of hydrogen-bond donors (Lipinski definition) is 3. The zero-order valence-electron chi connectivity index (χ0n) is 12.2. The number of carbonyl (C=O) groups is 3. The standard InChI is InChI=1S/C17H16N2O4/c20-15(12-7-3-1-4-8-12)18-11-14(17(22)23)19-16(21)13-9-5-2-6-10-13/h1-10,14H,11H2,(H,18,20)(H,19,21)(H,22,23)/t14-/m1/s1. The summed E-state index contributed by atoms with van der Waals surface area (Å²) in [6, 6.07) is 15.5. The molecule has 1 atom stereocenters. The summed E-state index contributed by atoms with van der Waals surface area (Å²) >= 11 is 0. The van der Waals surface area contributed by atoms with Gasteiger partial charge in [-0.15, -0.1) is 0 Å². The highest BCUT2D eigenvalue weighted by Crippen LogP contribution is 2.00. The van der Waals surface area contributed by atoms with Crippen LogP contribution in [0.15, 0.2) is 60.7 Å². The van der Waals surface area contributed by atoms with Gasteiger partial charge in [-0.1, -0.05) is 36.4 Å². The quantitative estimate of drug-likeness (QED) is 0.749. The molecule has 0 saturated carbocycles. The Morgan fingerprint density at radius 3 is 1.78 bits per heavy atom. The Labute approximate surface area is 133 Å². The summed E-state index contributed by atoms with van der Waals surface area (Å²) in [5.41, 5.74) is 0.777. The molecule has 0 aliphatic rings. The first-order chi connectivity index (χ1) is 11.1. The first-order valence-electron chi connectivity index (χ1n) is 7.00. The van der Waals surface area contributed by atoms with Gasteiger partial charge >= 0.3 is 5.97 Å². The summed E-state index contributed by atoms with van der Waals surface area (Å²) in [5, 5.41) is 14.1. The van der Waals surface area contributed by atoms with Crippen molar-refractivity contribution in [2.24, 2.45) is 0 Å². The van der Waals surface area contributed by atoms with Crippen molar-refractivity contribution in [1.82, 2.24) is 10.6 Å². The lowest BCUT2D eigenvalue weighted by molar-refractivity contribution is -0.139. The minimum Gasteiger partial charge on any atom is -0.480 e. The molecule has 0 bridgehead atoms. The fourth-order valence-electron chi connectivity index (χ4n) is 1.92. The molecule has 2 aromatic rings. The highest BCUT2D eigenvalue weighted by Gasteiger charge is 2.21. The Kier molecular flexibility index (Phi) is 5.46. The molecule has 6 heteroatoms. The lowest BCUT2D eigenvalue weighted by atomic mass is 10.2. The highest BCUT2D eigenvalue weighted by atomic mass is 16.4. The molecule has 0 aliphatic carbocycles. The molecule has 2 amide bonds. The largest absolute Gasteiger partial charge is 0.480 e. The van der Waals surface area contributed by atoms with Crippen molar-refractivity contribution in [2.75, 3.05) is 6.54 Å². The summed E-state index contributed by atoms with van der Waals surface area (Å²) < 4.78 is 0. The van der Waals surface area contributed by atoms with Gasteiger partial charge in [0.1, 0.15) is 6.04 Å². The van der Waals surface area contributed by atoms with E-state index in [0.717, 1.165) is 0 Å². The van der Waals surface area contributed by atoms with Crippen LogP contribution in [0.2, 0.25) is 0 Å².